The van der Waals surface area contributed by atoms with Crippen molar-refractivity contribution in [3.05, 3.63) is 11.6 Å². The molecule has 0 aromatic rings. The first kappa shape index (κ1) is 13.1. The van der Waals surface area contributed by atoms with Crippen molar-refractivity contribution in [2.24, 2.45) is 29.1 Å². The van der Waals surface area contributed by atoms with E-state index in [0.29, 0.717) is 11.7 Å². The molecule has 4 rings (SSSR count). The summed E-state index contributed by atoms with van der Waals surface area (Å²) in [6, 6.07) is 0. The normalized spacial score (nSPS) is 51.0. The Labute approximate surface area is 121 Å². The smallest absolute Gasteiger partial charge is 0.155 e. The van der Waals surface area contributed by atoms with Crippen LogP contribution in [0.3, 0.4) is 0 Å². The summed E-state index contributed by atoms with van der Waals surface area (Å²) in [7, 11) is 0. The lowest BCUT2D eigenvalue weighted by atomic mass is 9.52. The van der Waals surface area contributed by atoms with Gasteiger partial charge < -0.3 is 5.11 Å². The van der Waals surface area contributed by atoms with Crippen LogP contribution in [0.1, 0.15) is 58.3 Å². The van der Waals surface area contributed by atoms with Gasteiger partial charge in [-0.3, -0.25) is 4.79 Å². The van der Waals surface area contributed by atoms with Gasteiger partial charge in [0.1, 0.15) is 0 Å². The van der Waals surface area contributed by atoms with E-state index in [9.17, 15) is 9.90 Å². The van der Waals surface area contributed by atoms with E-state index in [1.165, 1.54) is 31.3 Å². The number of ketones is 1. The summed E-state index contributed by atoms with van der Waals surface area (Å²) in [5, 5.41) is 10.4. The quantitative estimate of drug-likeness (QED) is 0.734. The van der Waals surface area contributed by atoms with E-state index in [4.69, 9.17) is 0 Å². The van der Waals surface area contributed by atoms with Crippen molar-refractivity contribution in [1.82, 2.24) is 0 Å². The molecule has 110 valence electrons. The van der Waals surface area contributed by atoms with Crippen molar-refractivity contribution < 1.29 is 9.90 Å². The maximum Gasteiger partial charge on any atom is 0.155 e. The van der Waals surface area contributed by atoms with Crippen LogP contribution in [-0.2, 0) is 4.79 Å². The van der Waals surface area contributed by atoms with Crippen LogP contribution in [0.15, 0.2) is 11.6 Å². The molecule has 1 unspecified atom stereocenters. The van der Waals surface area contributed by atoms with Gasteiger partial charge in [-0.25, -0.2) is 0 Å². The zero-order valence-corrected chi connectivity index (χ0v) is 12.5. The van der Waals surface area contributed by atoms with Gasteiger partial charge in [0.15, 0.2) is 5.78 Å². The van der Waals surface area contributed by atoms with Crippen LogP contribution in [0.25, 0.3) is 0 Å². The number of aliphatic hydroxyl groups is 1. The average molecular weight is 274 g/mol. The third-order valence-electron chi connectivity index (χ3n) is 7.25. The van der Waals surface area contributed by atoms with Crippen LogP contribution < -0.4 is 0 Å². The average Bonchev–Trinajstić information content (AvgIpc) is 2.74. The second-order valence-electron chi connectivity index (χ2n) is 7.94. The summed E-state index contributed by atoms with van der Waals surface area (Å²) in [6.45, 7) is 2.33. The molecule has 0 bridgehead atoms. The molecular weight excluding hydrogens is 248 g/mol. The lowest BCUT2D eigenvalue weighted by Gasteiger charge is -2.53. The van der Waals surface area contributed by atoms with E-state index >= 15 is 0 Å². The summed E-state index contributed by atoms with van der Waals surface area (Å²) in [5.41, 5.74) is 1.65. The fourth-order valence-electron chi connectivity index (χ4n) is 6.15. The highest BCUT2D eigenvalue weighted by molar-refractivity contribution is 5.91. The second kappa shape index (κ2) is 4.43. The van der Waals surface area contributed by atoms with Crippen molar-refractivity contribution in [2.75, 3.05) is 0 Å². The number of rotatable bonds is 0. The van der Waals surface area contributed by atoms with Crippen LogP contribution in [0.4, 0.5) is 0 Å². The van der Waals surface area contributed by atoms with Gasteiger partial charge in [0.2, 0.25) is 0 Å². The van der Waals surface area contributed by atoms with Gasteiger partial charge in [0.05, 0.1) is 6.10 Å². The van der Waals surface area contributed by atoms with Gasteiger partial charge in [0.25, 0.3) is 0 Å². The molecule has 6 atom stereocenters. The summed E-state index contributed by atoms with van der Waals surface area (Å²) in [4.78, 5) is 11.6. The van der Waals surface area contributed by atoms with Gasteiger partial charge >= 0.3 is 0 Å². The topological polar surface area (TPSA) is 37.3 Å². The molecule has 0 aliphatic heterocycles. The van der Waals surface area contributed by atoms with Crippen molar-refractivity contribution in [3.63, 3.8) is 0 Å². The summed E-state index contributed by atoms with van der Waals surface area (Å²) < 4.78 is 0. The molecule has 0 heterocycles. The molecule has 1 N–H and O–H groups in total. The zero-order chi connectivity index (χ0) is 13.9. The van der Waals surface area contributed by atoms with Crippen LogP contribution in [0.5, 0.6) is 0 Å². The Hall–Kier alpha value is -0.630. The SMILES string of the molecule is C[C@]12CC[C@@H]3[C@H]4CCC(=O)C=C4CC[C@H]3C1CC[C@@H]2O. The third kappa shape index (κ3) is 1.70. The van der Waals surface area contributed by atoms with Crippen LogP contribution in [0.2, 0.25) is 0 Å². The molecule has 3 fully saturated rings. The fraction of sp³-hybridized carbons (Fsp3) is 0.833. The lowest BCUT2D eigenvalue weighted by Crippen LogP contribution is -2.47. The number of allylic oxidation sites excluding steroid dienone is 1. The molecule has 4 aliphatic carbocycles. The van der Waals surface area contributed by atoms with E-state index in [1.807, 2.05) is 6.08 Å². The number of hydrogen-bond donors (Lipinski definition) is 1. The van der Waals surface area contributed by atoms with Crippen LogP contribution in [0, 0.1) is 29.1 Å². The number of fused-ring (bicyclic) bond motifs is 5. The van der Waals surface area contributed by atoms with Gasteiger partial charge in [0, 0.05) is 6.42 Å². The highest BCUT2D eigenvalue weighted by Crippen LogP contribution is 2.61. The summed E-state index contributed by atoms with van der Waals surface area (Å²) >= 11 is 0. The minimum atomic E-state index is -0.0710. The first-order valence-corrected chi connectivity index (χ1v) is 8.51. The summed E-state index contributed by atoms with van der Waals surface area (Å²) in [6.07, 6.45) is 10.9. The van der Waals surface area contributed by atoms with E-state index < -0.39 is 0 Å². The molecule has 0 amide bonds. The summed E-state index contributed by atoms with van der Waals surface area (Å²) in [5.74, 6) is 3.38. The second-order valence-corrected chi connectivity index (χ2v) is 7.94. The van der Waals surface area contributed by atoms with E-state index in [-0.39, 0.29) is 11.5 Å². The van der Waals surface area contributed by atoms with Gasteiger partial charge in [-0.05, 0) is 80.1 Å². The predicted octanol–water partition coefficient (Wildman–Crippen LogP) is 3.49. The Bertz CT molecular complexity index is 466. The predicted molar refractivity (Wildman–Crippen MR) is 78.1 cm³/mol. The first-order valence-electron chi connectivity index (χ1n) is 8.51. The highest BCUT2D eigenvalue weighted by atomic mass is 16.3. The number of carbonyl (C=O) groups is 1. The number of carbonyl (C=O) groups excluding carboxylic acids is 1. The minimum absolute atomic E-state index is 0.0710. The van der Waals surface area contributed by atoms with Gasteiger partial charge in [-0.15, -0.1) is 0 Å². The van der Waals surface area contributed by atoms with Crippen LogP contribution in [-0.4, -0.2) is 17.0 Å². The van der Waals surface area contributed by atoms with Crippen molar-refractivity contribution >= 4 is 5.78 Å². The van der Waals surface area contributed by atoms with Crippen molar-refractivity contribution in [1.29, 1.82) is 0 Å². The molecule has 4 aliphatic rings. The molecule has 3 saturated carbocycles. The molecule has 0 radical (unpaired) electrons. The Balaban J connectivity index is 1.63. The minimum Gasteiger partial charge on any atom is -0.393 e. The molecule has 2 nitrogen and oxygen atoms in total. The van der Waals surface area contributed by atoms with E-state index in [0.717, 1.165) is 43.4 Å². The van der Waals surface area contributed by atoms with Crippen molar-refractivity contribution in [2.45, 2.75) is 64.4 Å². The Morgan fingerprint density at radius 3 is 2.80 bits per heavy atom. The van der Waals surface area contributed by atoms with Gasteiger partial charge in [-0.2, -0.15) is 0 Å². The van der Waals surface area contributed by atoms with E-state index in [2.05, 4.69) is 6.92 Å². The van der Waals surface area contributed by atoms with Gasteiger partial charge in [-0.1, -0.05) is 12.5 Å². The Morgan fingerprint density at radius 1 is 1.10 bits per heavy atom. The molecule has 2 heteroatoms. The fourth-order valence-corrected chi connectivity index (χ4v) is 6.15. The zero-order valence-electron chi connectivity index (χ0n) is 12.5. The maximum atomic E-state index is 11.6. The highest BCUT2D eigenvalue weighted by Gasteiger charge is 2.55. The molecule has 0 aromatic heterocycles. The Kier molecular flexibility index (Phi) is 2.89. The molecule has 0 spiro atoms. The van der Waals surface area contributed by atoms with E-state index in [1.54, 1.807) is 0 Å². The molecule has 0 saturated heterocycles. The number of hydrogen-bond acceptors (Lipinski definition) is 2. The maximum absolute atomic E-state index is 11.6. The first-order chi connectivity index (χ1) is 9.59. The molecule has 20 heavy (non-hydrogen) atoms. The molecule has 0 aromatic carbocycles. The standard InChI is InChI=1S/C18H26O2/c1-18-9-8-14-13-5-3-12(19)10-11(13)2-4-15(14)16(18)6-7-17(18)20/h10,13-17,20H,2-9H2,1H3/t13-,14+,15+,16?,17-,18-/m0/s1. The Morgan fingerprint density at radius 2 is 1.95 bits per heavy atom. The molecular formula is C18H26O2. The third-order valence-corrected chi connectivity index (χ3v) is 7.25. The van der Waals surface area contributed by atoms with Crippen molar-refractivity contribution in [3.8, 4) is 0 Å². The monoisotopic (exact) mass is 274 g/mol. The largest absolute Gasteiger partial charge is 0.393 e. The lowest BCUT2D eigenvalue weighted by molar-refractivity contribution is -0.116. The number of aliphatic hydroxyl groups excluding tert-OH is 1. The van der Waals surface area contributed by atoms with Crippen LogP contribution >= 0.6 is 0 Å².